The van der Waals surface area contributed by atoms with Crippen molar-refractivity contribution in [2.24, 2.45) is 0 Å². The van der Waals surface area contributed by atoms with Crippen LogP contribution in [0.15, 0.2) is 18.2 Å². The zero-order valence-electron chi connectivity index (χ0n) is 12.3. The van der Waals surface area contributed by atoms with Crippen LogP contribution in [0.4, 0.5) is 5.69 Å². The van der Waals surface area contributed by atoms with Gasteiger partial charge in [0.15, 0.2) is 0 Å². The van der Waals surface area contributed by atoms with Crippen LogP contribution in [0.2, 0.25) is 10.0 Å². The summed E-state index contributed by atoms with van der Waals surface area (Å²) < 4.78 is 29.8. The highest BCUT2D eigenvalue weighted by molar-refractivity contribution is 7.92. The van der Waals surface area contributed by atoms with Gasteiger partial charge in [0.25, 0.3) is 0 Å². The number of nitrogens with zero attached hydrogens (tertiary/aromatic N) is 1. The standard InChI is InChI=1S/C13H18Cl2N2O4S/c1-21-8-6-16-13(18)5-7-17(22(2,19)20)12-9-10(14)3-4-11(12)15/h3-4,9H,5-8H2,1-2H3,(H,16,18). The highest BCUT2D eigenvalue weighted by Crippen LogP contribution is 2.30. The molecule has 0 unspecified atom stereocenters. The van der Waals surface area contributed by atoms with Crippen LogP contribution in [-0.2, 0) is 19.6 Å². The molecule has 0 aliphatic carbocycles. The summed E-state index contributed by atoms with van der Waals surface area (Å²) in [6.07, 6.45) is 1.05. The molecule has 6 nitrogen and oxygen atoms in total. The number of halogens is 2. The maximum absolute atomic E-state index is 11.9. The number of benzene rings is 1. The number of hydrogen-bond acceptors (Lipinski definition) is 4. The van der Waals surface area contributed by atoms with E-state index in [4.69, 9.17) is 27.9 Å². The topological polar surface area (TPSA) is 75.7 Å². The normalized spacial score (nSPS) is 11.3. The number of sulfonamides is 1. The molecule has 0 aliphatic rings. The van der Waals surface area contributed by atoms with E-state index in [2.05, 4.69) is 5.32 Å². The summed E-state index contributed by atoms with van der Waals surface area (Å²) in [6.45, 7) is 0.728. The Morgan fingerprint density at radius 3 is 2.64 bits per heavy atom. The Morgan fingerprint density at radius 2 is 2.05 bits per heavy atom. The average molecular weight is 369 g/mol. The van der Waals surface area contributed by atoms with Gasteiger partial charge in [0.1, 0.15) is 0 Å². The molecule has 1 aromatic rings. The molecule has 0 aliphatic heterocycles. The van der Waals surface area contributed by atoms with Crippen molar-refractivity contribution < 1.29 is 17.9 Å². The van der Waals surface area contributed by atoms with Crippen LogP contribution in [0.3, 0.4) is 0 Å². The van der Waals surface area contributed by atoms with E-state index in [9.17, 15) is 13.2 Å². The molecule has 0 bridgehead atoms. The number of nitrogens with one attached hydrogen (secondary N) is 1. The molecule has 0 radical (unpaired) electrons. The van der Waals surface area contributed by atoms with Crippen LogP contribution in [-0.4, -0.2) is 47.4 Å². The number of ether oxygens (including phenoxy) is 1. The SMILES string of the molecule is COCCNC(=O)CCN(c1cc(Cl)ccc1Cl)S(C)(=O)=O. The van der Waals surface area contributed by atoms with Crippen LogP contribution in [0.1, 0.15) is 6.42 Å². The molecule has 0 aromatic heterocycles. The van der Waals surface area contributed by atoms with E-state index in [1.54, 1.807) is 6.07 Å². The number of amides is 1. The van der Waals surface area contributed by atoms with Gasteiger partial charge >= 0.3 is 0 Å². The summed E-state index contributed by atoms with van der Waals surface area (Å²) in [7, 11) is -2.07. The number of methoxy groups -OCH3 is 1. The molecule has 0 fully saturated rings. The highest BCUT2D eigenvalue weighted by atomic mass is 35.5. The quantitative estimate of drug-likeness (QED) is 0.711. The van der Waals surface area contributed by atoms with Crippen molar-refractivity contribution in [1.29, 1.82) is 0 Å². The summed E-state index contributed by atoms with van der Waals surface area (Å²) in [6, 6.07) is 4.52. The van der Waals surface area contributed by atoms with Gasteiger partial charge in [-0.25, -0.2) is 8.42 Å². The van der Waals surface area contributed by atoms with E-state index in [0.717, 1.165) is 10.6 Å². The first-order valence-corrected chi connectivity index (χ1v) is 9.04. The molecule has 1 N–H and O–H groups in total. The van der Waals surface area contributed by atoms with Gasteiger partial charge in [-0.3, -0.25) is 9.10 Å². The second kappa shape index (κ2) is 8.57. The lowest BCUT2D eigenvalue weighted by Crippen LogP contribution is -2.35. The molecule has 0 saturated heterocycles. The first-order chi connectivity index (χ1) is 10.3. The molecule has 124 valence electrons. The Kier molecular flexibility index (Phi) is 7.41. The minimum atomic E-state index is -3.59. The fourth-order valence-corrected chi connectivity index (χ4v) is 3.09. The number of anilines is 1. The fourth-order valence-electron chi connectivity index (χ4n) is 1.73. The van der Waals surface area contributed by atoms with Gasteiger partial charge in [-0.05, 0) is 18.2 Å². The van der Waals surface area contributed by atoms with Crippen molar-refractivity contribution >= 4 is 44.8 Å². The smallest absolute Gasteiger partial charge is 0.232 e. The molecule has 1 rings (SSSR count). The molecular formula is C13H18Cl2N2O4S. The molecule has 9 heteroatoms. The molecule has 0 spiro atoms. The Balaban J connectivity index is 2.83. The third kappa shape index (κ3) is 6.00. The summed E-state index contributed by atoms with van der Waals surface area (Å²) in [5, 5.41) is 3.23. The van der Waals surface area contributed by atoms with Crippen LogP contribution < -0.4 is 9.62 Å². The molecule has 0 atom stereocenters. The lowest BCUT2D eigenvalue weighted by Gasteiger charge is -2.23. The van der Waals surface area contributed by atoms with Gasteiger partial charge in [-0.15, -0.1) is 0 Å². The Morgan fingerprint density at radius 1 is 1.36 bits per heavy atom. The van der Waals surface area contributed by atoms with Crippen LogP contribution in [0.5, 0.6) is 0 Å². The number of hydrogen-bond donors (Lipinski definition) is 1. The lowest BCUT2D eigenvalue weighted by atomic mass is 10.3. The van der Waals surface area contributed by atoms with Crippen LogP contribution >= 0.6 is 23.2 Å². The average Bonchev–Trinajstić information content (AvgIpc) is 2.41. The van der Waals surface area contributed by atoms with Crippen molar-refractivity contribution in [2.45, 2.75) is 6.42 Å². The highest BCUT2D eigenvalue weighted by Gasteiger charge is 2.21. The predicted molar refractivity (Wildman–Crippen MR) is 88.2 cm³/mol. The predicted octanol–water partition coefficient (Wildman–Crippen LogP) is 1.91. The Hall–Kier alpha value is -1.02. The zero-order valence-corrected chi connectivity index (χ0v) is 14.6. The summed E-state index contributed by atoms with van der Waals surface area (Å²) >= 11 is 11.9. The lowest BCUT2D eigenvalue weighted by molar-refractivity contribution is -0.121. The molecule has 1 aromatic carbocycles. The third-order valence-electron chi connectivity index (χ3n) is 2.75. The van der Waals surface area contributed by atoms with Crippen LogP contribution in [0, 0.1) is 0 Å². The van der Waals surface area contributed by atoms with Crippen molar-refractivity contribution in [1.82, 2.24) is 5.32 Å². The van der Waals surface area contributed by atoms with Crippen molar-refractivity contribution in [2.75, 3.05) is 37.4 Å². The minimum absolute atomic E-state index is 0.000371. The van der Waals surface area contributed by atoms with E-state index in [1.807, 2.05) is 0 Å². The fraction of sp³-hybridized carbons (Fsp3) is 0.462. The van der Waals surface area contributed by atoms with E-state index in [-0.39, 0.29) is 29.6 Å². The van der Waals surface area contributed by atoms with Crippen molar-refractivity contribution in [3.63, 3.8) is 0 Å². The van der Waals surface area contributed by atoms with E-state index in [0.29, 0.717) is 18.2 Å². The third-order valence-corrected chi connectivity index (χ3v) is 4.48. The van der Waals surface area contributed by atoms with E-state index >= 15 is 0 Å². The van der Waals surface area contributed by atoms with Crippen molar-refractivity contribution in [3.05, 3.63) is 28.2 Å². The molecule has 22 heavy (non-hydrogen) atoms. The van der Waals surface area contributed by atoms with Gasteiger partial charge < -0.3 is 10.1 Å². The second-order valence-electron chi connectivity index (χ2n) is 4.52. The van der Waals surface area contributed by atoms with E-state index in [1.165, 1.54) is 19.2 Å². The van der Waals surface area contributed by atoms with Crippen LogP contribution in [0.25, 0.3) is 0 Å². The Bertz CT molecular complexity index is 622. The molecule has 0 saturated carbocycles. The number of rotatable bonds is 8. The van der Waals surface area contributed by atoms with Gasteiger partial charge in [0, 0.05) is 31.6 Å². The van der Waals surface area contributed by atoms with E-state index < -0.39 is 10.0 Å². The van der Waals surface area contributed by atoms with Crippen molar-refractivity contribution in [3.8, 4) is 0 Å². The second-order valence-corrected chi connectivity index (χ2v) is 7.27. The van der Waals surface area contributed by atoms with Gasteiger partial charge in [-0.1, -0.05) is 23.2 Å². The van der Waals surface area contributed by atoms with Gasteiger partial charge in [0.05, 0.1) is 23.6 Å². The number of carbonyl (C=O) groups is 1. The maximum Gasteiger partial charge on any atom is 0.232 e. The Labute approximate surface area is 140 Å². The largest absolute Gasteiger partial charge is 0.383 e. The molecular weight excluding hydrogens is 351 g/mol. The zero-order chi connectivity index (χ0) is 16.8. The van der Waals surface area contributed by atoms with Gasteiger partial charge in [0.2, 0.25) is 15.9 Å². The first-order valence-electron chi connectivity index (χ1n) is 6.44. The number of carbonyl (C=O) groups excluding carboxylic acids is 1. The molecule has 0 heterocycles. The maximum atomic E-state index is 11.9. The monoisotopic (exact) mass is 368 g/mol. The summed E-state index contributed by atoms with van der Waals surface area (Å²) in [5.74, 6) is -0.274. The summed E-state index contributed by atoms with van der Waals surface area (Å²) in [5.41, 5.74) is 0.251. The first kappa shape index (κ1) is 19.0. The molecule has 1 amide bonds. The minimum Gasteiger partial charge on any atom is -0.383 e. The van der Waals surface area contributed by atoms with Gasteiger partial charge in [-0.2, -0.15) is 0 Å². The summed E-state index contributed by atoms with van der Waals surface area (Å²) in [4.78, 5) is 11.7.